The van der Waals surface area contributed by atoms with Crippen molar-refractivity contribution < 1.29 is 13.2 Å². The summed E-state index contributed by atoms with van der Waals surface area (Å²) in [6.07, 6.45) is 3.97. The molecule has 5 nitrogen and oxygen atoms in total. The van der Waals surface area contributed by atoms with Gasteiger partial charge in [-0.1, -0.05) is 12.1 Å². The first-order valence-electron chi connectivity index (χ1n) is 8.22. The lowest BCUT2D eigenvalue weighted by atomic mass is 10.00. The number of ether oxygens (including phenoxy) is 1. The van der Waals surface area contributed by atoms with Gasteiger partial charge in [0.1, 0.15) is 11.4 Å². The van der Waals surface area contributed by atoms with Crippen molar-refractivity contribution in [3.05, 3.63) is 29.3 Å². The van der Waals surface area contributed by atoms with Crippen LogP contribution in [-0.2, 0) is 23.0 Å². The molecule has 1 N–H and O–H groups in total. The Balaban J connectivity index is 1.53. The molecule has 128 valence electrons. The Morgan fingerprint density at radius 1 is 1.30 bits per heavy atom. The van der Waals surface area contributed by atoms with Gasteiger partial charge in [-0.25, -0.2) is 12.7 Å². The zero-order chi connectivity index (χ0) is 16.7. The third-order valence-electron chi connectivity index (χ3n) is 4.65. The average molecular weight is 338 g/mol. The smallest absolute Gasteiger partial charge is 0.211 e. The van der Waals surface area contributed by atoms with Gasteiger partial charge in [-0.05, 0) is 43.9 Å². The van der Waals surface area contributed by atoms with Gasteiger partial charge in [0.25, 0.3) is 0 Å². The quantitative estimate of drug-likeness (QED) is 0.911. The van der Waals surface area contributed by atoms with Gasteiger partial charge in [-0.15, -0.1) is 0 Å². The van der Waals surface area contributed by atoms with Crippen LogP contribution in [0.3, 0.4) is 0 Å². The number of hydrogen-bond acceptors (Lipinski definition) is 4. The fourth-order valence-corrected chi connectivity index (χ4v) is 4.30. The predicted octanol–water partition coefficient (Wildman–Crippen LogP) is 1.91. The number of hydrogen-bond donors (Lipinski definition) is 1. The number of piperidine rings is 1. The highest BCUT2D eigenvalue weighted by molar-refractivity contribution is 7.88. The van der Waals surface area contributed by atoms with Gasteiger partial charge in [0.2, 0.25) is 10.0 Å². The van der Waals surface area contributed by atoms with E-state index in [2.05, 4.69) is 37.4 Å². The molecule has 0 saturated carbocycles. The summed E-state index contributed by atoms with van der Waals surface area (Å²) < 4.78 is 30.5. The second kappa shape index (κ2) is 6.07. The molecule has 2 aliphatic rings. The van der Waals surface area contributed by atoms with E-state index < -0.39 is 10.0 Å². The van der Waals surface area contributed by atoms with Crippen LogP contribution in [0, 0.1) is 0 Å². The van der Waals surface area contributed by atoms with Gasteiger partial charge < -0.3 is 10.1 Å². The highest BCUT2D eigenvalue weighted by Gasteiger charge is 2.30. The maximum absolute atomic E-state index is 11.5. The second-order valence-corrected chi connectivity index (χ2v) is 9.28. The molecule has 0 aliphatic carbocycles. The lowest BCUT2D eigenvalue weighted by molar-refractivity contribution is 0.138. The fraction of sp³-hybridized carbons (Fsp3) is 0.647. The monoisotopic (exact) mass is 338 g/mol. The molecule has 1 aromatic rings. The molecule has 1 fully saturated rings. The minimum Gasteiger partial charge on any atom is -0.487 e. The van der Waals surface area contributed by atoms with E-state index in [-0.39, 0.29) is 5.60 Å². The Kier molecular flexibility index (Phi) is 4.42. The third-order valence-corrected chi connectivity index (χ3v) is 5.95. The van der Waals surface area contributed by atoms with E-state index in [1.165, 1.54) is 17.4 Å². The first kappa shape index (κ1) is 16.7. The standard InChI is InChI=1S/C17H26N2O3S/c1-17(2)11-14-10-13(4-5-16(14)22-17)12-18-15-6-8-19(9-7-15)23(3,20)21/h4-5,10,15,18H,6-9,11-12H2,1-3H3. The number of sulfonamides is 1. The molecule has 0 bridgehead atoms. The van der Waals surface area contributed by atoms with E-state index >= 15 is 0 Å². The van der Waals surface area contributed by atoms with Crippen LogP contribution in [-0.4, -0.2) is 43.7 Å². The third kappa shape index (κ3) is 4.05. The maximum atomic E-state index is 11.5. The summed E-state index contributed by atoms with van der Waals surface area (Å²) in [6, 6.07) is 6.78. The second-order valence-electron chi connectivity index (χ2n) is 7.30. The van der Waals surface area contributed by atoms with E-state index in [0.29, 0.717) is 19.1 Å². The largest absolute Gasteiger partial charge is 0.487 e. The van der Waals surface area contributed by atoms with E-state index in [9.17, 15) is 8.42 Å². The molecule has 3 rings (SSSR count). The number of nitrogens with zero attached hydrogens (tertiary/aromatic N) is 1. The molecular formula is C17H26N2O3S. The maximum Gasteiger partial charge on any atom is 0.211 e. The van der Waals surface area contributed by atoms with Crippen LogP contribution in [0.15, 0.2) is 18.2 Å². The summed E-state index contributed by atoms with van der Waals surface area (Å²) in [5.41, 5.74) is 2.43. The van der Waals surface area contributed by atoms with E-state index in [1.54, 1.807) is 4.31 Å². The Labute approximate surface area is 139 Å². The van der Waals surface area contributed by atoms with Crippen LogP contribution in [0.2, 0.25) is 0 Å². The van der Waals surface area contributed by atoms with E-state index in [4.69, 9.17) is 4.74 Å². The molecule has 23 heavy (non-hydrogen) atoms. The van der Waals surface area contributed by atoms with Gasteiger partial charge in [0.15, 0.2) is 0 Å². The van der Waals surface area contributed by atoms with Crippen molar-refractivity contribution in [2.75, 3.05) is 19.3 Å². The molecule has 1 saturated heterocycles. The highest BCUT2D eigenvalue weighted by Crippen LogP contribution is 2.35. The molecule has 0 aromatic heterocycles. The number of fused-ring (bicyclic) bond motifs is 1. The van der Waals surface area contributed by atoms with Crippen molar-refractivity contribution >= 4 is 10.0 Å². The zero-order valence-corrected chi connectivity index (χ0v) is 14.9. The van der Waals surface area contributed by atoms with E-state index in [1.807, 2.05) is 0 Å². The Bertz CT molecular complexity index is 677. The molecule has 0 spiro atoms. The number of benzene rings is 1. The Morgan fingerprint density at radius 3 is 2.65 bits per heavy atom. The normalized spacial score (nSPS) is 21.9. The highest BCUT2D eigenvalue weighted by atomic mass is 32.2. The van der Waals surface area contributed by atoms with Crippen LogP contribution >= 0.6 is 0 Å². The fourth-order valence-electron chi connectivity index (χ4n) is 3.43. The zero-order valence-electron chi connectivity index (χ0n) is 14.1. The molecule has 0 atom stereocenters. The molecule has 0 unspecified atom stereocenters. The van der Waals surface area contributed by atoms with Crippen LogP contribution < -0.4 is 10.1 Å². The van der Waals surface area contributed by atoms with Gasteiger partial charge >= 0.3 is 0 Å². The molecule has 2 heterocycles. The summed E-state index contributed by atoms with van der Waals surface area (Å²) in [4.78, 5) is 0. The van der Waals surface area contributed by atoms with Crippen LogP contribution in [0.5, 0.6) is 5.75 Å². The topological polar surface area (TPSA) is 58.6 Å². The summed E-state index contributed by atoms with van der Waals surface area (Å²) in [5.74, 6) is 1.00. The van der Waals surface area contributed by atoms with Gasteiger partial charge in [0.05, 0.1) is 6.26 Å². The summed E-state index contributed by atoms with van der Waals surface area (Å²) in [6.45, 7) is 6.27. The SMILES string of the molecule is CC1(C)Cc2cc(CNC3CCN(S(C)(=O)=O)CC3)ccc2O1. The lowest BCUT2D eigenvalue weighted by Gasteiger charge is -2.30. The molecular weight excluding hydrogens is 312 g/mol. The first-order valence-corrected chi connectivity index (χ1v) is 10.1. The molecule has 2 aliphatic heterocycles. The minimum absolute atomic E-state index is 0.104. The van der Waals surface area contributed by atoms with Crippen LogP contribution in [0.1, 0.15) is 37.8 Å². The molecule has 0 radical (unpaired) electrons. The number of nitrogens with one attached hydrogen (secondary N) is 1. The van der Waals surface area contributed by atoms with Crippen molar-refractivity contribution in [3.8, 4) is 5.75 Å². The summed E-state index contributed by atoms with van der Waals surface area (Å²) in [5, 5.41) is 3.56. The minimum atomic E-state index is -3.04. The average Bonchev–Trinajstić information content (AvgIpc) is 2.77. The van der Waals surface area contributed by atoms with Crippen LogP contribution in [0.25, 0.3) is 0 Å². The van der Waals surface area contributed by atoms with Crippen molar-refractivity contribution in [1.29, 1.82) is 0 Å². The Hall–Kier alpha value is -1.11. The van der Waals surface area contributed by atoms with Crippen molar-refractivity contribution in [2.24, 2.45) is 0 Å². The van der Waals surface area contributed by atoms with Crippen LogP contribution in [0.4, 0.5) is 0 Å². The van der Waals surface area contributed by atoms with Crippen molar-refractivity contribution in [3.63, 3.8) is 0 Å². The van der Waals surface area contributed by atoms with Crippen molar-refractivity contribution in [1.82, 2.24) is 9.62 Å². The predicted molar refractivity (Wildman–Crippen MR) is 91.1 cm³/mol. The lowest BCUT2D eigenvalue weighted by Crippen LogP contribution is -2.44. The Morgan fingerprint density at radius 2 is 2.00 bits per heavy atom. The number of rotatable bonds is 4. The van der Waals surface area contributed by atoms with E-state index in [0.717, 1.165) is 31.6 Å². The summed E-state index contributed by atoms with van der Waals surface area (Å²) >= 11 is 0. The van der Waals surface area contributed by atoms with Crippen molar-refractivity contribution in [2.45, 2.75) is 51.3 Å². The van der Waals surface area contributed by atoms with Gasteiger partial charge in [-0.2, -0.15) is 0 Å². The van der Waals surface area contributed by atoms with Gasteiger partial charge in [0, 0.05) is 32.1 Å². The molecule has 0 amide bonds. The summed E-state index contributed by atoms with van der Waals surface area (Å²) in [7, 11) is -3.04. The first-order chi connectivity index (χ1) is 10.7. The molecule has 6 heteroatoms. The van der Waals surface area contributed by atoms with Gasteiger partial charge in [-0.3, -0.25) is 0 Å². The molecule has 1 aromatic carbocycles.